The van der Waals surface area contributed by atoms with Crippen LogP contribution in [0.25, 0.3) is 0 Å². The summed E-state index contributed by atoms with van der Waals surface area (Å²) in [5.41, 5.74) is 0.812. The van der Waals surface area contributed by atoms with E-state index in [-0.39, 0.29) is 11.6 Å². The van der Waals surface area contributed by atoms with Gasteiger partial charge in [0.25, 0.3) is 5.91 Å². The van der Waals surface area contributed by atoms with E-state index in [1.165, 1.54) is 12.4 Å². The van der Waals surface area contributed by atoms with Gasteiger partial charge in [0, 0.05) is 6.54 Å². The topological polar surface area (TPSA) is 70.2 Å². The van der Waals surface area contributed by atoms with E-state index in [2.05, 4.69) is 25.5 Å². The molecule has 2 rings (SSSR count). The Labute approximate surface area is 151 Å². The third-order valence-corrected chi connectivity index (χ3v) is 3.80. The van der Waals surface area contributed by atoms with Gasteiger partial charge >= 0.3 is 0 Å². The van der Waals surface area contributed by atoms with Crippen molar-refractivity contribution in [3.63, 3.8) is 0 Å². The van der Waals surface area contributed by atoms with Gasteiger partial charge in [0.05, 0.1) is 28.1 Å². The highest BCUT2D eigenvalue weighted by molar-refractivity contribution is 6.39. The summed E-state index contributed by atoms with van der Waals surface area (Å²) >= 11 is 12.2. The molecule has 1 aromatic carbocycles. The average molecular weight is 368 g/mol. The largest absolute Gasteiger partial charge is 0.351 e. The number of carbonyl (C=O) groups is 1. The number of aromatic nitrogens is 2. The molecule has 2 N–H and O–H groups in total. The number of halogens is 2. The number of amides is 1. The lowest BCUT2D eigenvalue weighted by Gasteiger charge is -2.10. The summed E-state index contributed by atoms with van der Waals surface area (Å²) < 4.78 is 0. The second kappa shape index (κ2) is 8.82. The summed E-state index contributed by atoms with van der Waals surface area (Å²) in [7, 11) is 3.98. The lowest BCUT2D eigenvalue weighted by molar-refractivity contribution is 0.0947. The van der Waals surface area contributed by atoms with Crippen LogP contribution >= 0.6 is 23.2 Å². The van der Waals surface area contributed by atoms with Crippen molar-refractivity contribution in [1.29, 1.82) is 0 Å². The smallest absolute Gasteiger partial charge is 0.271 e. The Hall–Kier alpha value is -1.89. The second-order valence-corrected chi connectivity index (χ2v) is 6.24. The fourth-order valence-electron chi connectivity index (χ4n) is 1.94. The summed E-state index contributed by atoms with van der Waals surface area (Å²) in [6.45, 7) is 1.50. The highest BCUT2D eigenvalue weighted by Gasteiger charge is 2.09. The van der Waals surface area contributed by atoms with Gasteiger partial charge in [-0.1, -0.05) is 29.3 Å². The fourth-order valence-corrected chi connectivity index (χ4v) is 2.43. The maximum atomic E-state index is 12.0. The third kappa shape index (κ3) is 5.33. The van der Waals surface area contributed by atoms with Gasteiger partial charge in [0.15, 0.2) is 0 Å². The fraction of sp³-hybridized carbons (Fsp3) is 0.312. The number of rotatable bonds is 7. The monoisotopic (exact) mass is 367 g/mol. The van der Waals surface area contributed by atoms with Gasteiger partial charge in [0.1, 0.15) is 11.5 Å². The lowest BCUT2D eigenvalue weighted by atomic mass is 10.3. The Morgan fingerprint density at radius 1 is 1.17 bits per heavy atom. The number of carbonyl (C=O) groups excluding carboxylic acids is 1. The molecule has 1 heterocycles. The molecule has 0 unspecified atom stereocenters. The predicted molar refractivity (Wildman–Crippen MR) is 97.3 cm³/mol. The van der Waals surface area contributed by atoms with Crippen molar-refractivity contribution in [2.45, 2.75) is 6.42 Å². The first kappa shape index (κ1) is 18.4. The van der Waals surface area contributed by atoms with E-state index in [1.54, 1.807) is 18.2 Å². The van der Waals surface area contributed by atoms with Crippen molar-refractivity contribution < 1.29 is 4.79 Å². The molecule has 0 saturated heterocycles. The van der Waals surface area contributed by atoms with Crippen LogP contribution in [0.15, 0.2) is 30.6 Å². The van der Waals surface area contributed by atoms with Gasteiger partial charge < -0.3 is 15.5 Å². The molecule has 0 fully saturated rings. The van der Waals surface area contributed by atoms with E-state index in [0.717, 1.165) is 13.0 Å². The minimum atomic E-state index is -0.247. The molecule has 0 aliphatic carbocycles. The summed E-state index contributed by atoms with van der Waals surface area (Å²) in [4.78, 5) is 22.3. The summed E-state index contributed by atoms with van der Waals surface area (Å²) in [6.07, 6.45) is 3.75. The van der Waals surface area contributed by atoms with Crippen LogP contribution < -0.4 is 10.6 Å². The summed E-state index contributed by atoms with van der Waals surface area (Å²) in [6, 6.07) is 5.20. The number of nitrogens with zero attached hydrogens (tertiary/aromatic N) is 3. The van der Waals surface area contributed by atoms with E-state index < -0.39 is 0 Å². The van der Waals surface area contributed by atoms with E-state index in [0.29, 0.717) is 28.1 Å². The first-order valence-electron chi connectivity index (χ1n) is 7.43. The van der Waals surface area contributed by atoms with Crippen LogP contribution in [0.4, 0.5) is 11.5 Å². The Kier molecular flexibility index (Phi) is 6.78. The third-order valence-electron chi connectivity index (χ3n) is 3.17. The van der Waals surface area contributed by atoms with Gasteiger partial charge in [0.2, 0.25) is 0 Å². The Morgan fingerprint density at radius 2 is 1.88 bits per heavy atom. The van der Waals surface area contributed by atoms with E-state index in [9.17, 15) is 4.79 Å². The molecule has 0 aliphatic rings. The van der Waals surface area contributed by atoms with Gasteiger partial charge in [-0.25, -0.2) is 9.97 Å². The van der Waals surface area contributed by atoms with Crippen LogP contribution in [-0.2, 0) is 0 Å². The number of anilines is 2. The minimum absolute atomic E-state index is 0.247. The first-order valence-corrected chi connectivity index (χ1v) is 8.19. The average Bonchev–Trinajstić information content (AvgIpc) is 2.55. The van der Waals surface area contributed by atoms with Gasteiger partial charge in [-0.3, -0.25) is 4.79 Å². The Morgan fingerprint density at radius 3 is 2.46 bits per heavy atom. The molecule has 0 aliphatic heterocycles. The van der Waals surface area contributed by atoms with E-state index in [1.807, 2.05) is 14.1 Å². The van der Waals surface area contributed by atoms with Crippen LogP contribution in [-0.4, -0.2) is 48.0 Å². The predicted octanol–water partition coefficient (Wildman–Crippen LogP) is 3.21. The molecule has 2 aromatic rings. The molecule has 0 radical (unpaired) electrons. The number of nitrogens with one attached hydrogen (secondary N) is 2. The van der Waals surface area contributed by atoms with Gasteiger partial charge in [-0.15, -0.1) is 0 Å². The molecule has 0 atom stereocenters. The maximum absolute atomic E-state index is 12.0. The van der Waals surface area contributed by atoms with Crippen LogP contribution in [0.3, 0.4) is 0 Å². The zero-order valence-electron chi connectivity index (χ0n) is 13.5. The van der Waals surface area contributed by atoms with Crippen molar-refractivity contribution in [2.75, 3.05) is 32.5 Å². The SMILES string of the molecule is CN(C)CCCNC(=O)c1cnc(Nc2c(Cl)cccc2Cl)cn1. The Bertz CT molecular complexity index is 671. The van der Waals surface area contributed by atoms with Crippen molar-refractivity contribution >= 4 is 40.6 Å². The first-order chi connectivity index (χ1) is 11.5. The van der Waals surface area contributed by atoms with Crippen LogP contribution in [0, 0.1) is 0 Å². The highest BCUT2D eigenvalue weighted by Crippen LogP contribution is 2.31. The summed E-state index contributed by atoms with van der Waals surface area (Å²) in [5.74, 6) is 0.206. The molecular formula is C16H19Cl2N5O. The molecule has 0 saturated carbocycles. The molecular weight excluding hydrogens is 349 g/mol. The van der Waals surface area contributed by atoms with E-state index in [4.69, 9.17) is 23.2 Å². The molecule has 0 bridgehead atoms. The number of para-hydroxylation sites is 1. The zero-order valence-corrected chi connectivity index (χ0v) is 15.0. The molecule has 8 heteroatoms. The Balaban J connectivity index is 1.94. The van der Waals surface area contributed by atoms with Gasteiger partial charge in [-0.05, 0) is 39.2 Å². The maximum Gasteiger partial charge on any atom is 0.271 e. The van der Waals surface area contributed by atoms with Crippen molar-refractivity contribution in [3.8, 4) is 0 Å². The number of benzene rings is 1. The summed E-state index contributed by atoms with van der Waals surface area (Å²) in [5, 5.41) is 6.77. The van der Waals surface area contributed by atoms with Crippen molar-refractivity contribution in [3.05, 3.63) is 46.3 Å². The standard InChI is InChI=1S/C16H19Cl2N5O/c1-23(2)8-4-7-19-16(24)13-9-21-14(10-20-13)22-15-11(17)5-3-6-12(15)18/h3,5-6,9-10H,4,7-8H2,1-2H3,(H,19,24)(H,21,22). The van der Waals surface area contributed by atoms with Crippen LogP contribution in [0.5, 0.6) is 0 Å². The minimum Gasteiger partial charge on any atom is -0.351 e. The van der Waals surface area contributed by atoms with Crippen LogP contribution in [0.1, 0.15) is 16.9 Å². The van der Waals surface area contributed by atoms with Crippen molar-refractivity contribution in [1.82, 2.24) is 20.2 Å². The van der Waals surface area contributed by atoms with Gasteiger partial charge in [-0.2, -0.15) is 0 Å². The number of hydrogen-bond acceptors (Lipinski definition) is 5. The van der Waals surface area contributed by atoms with E-state index >= 15 is 0 Å². The zero-order chi connectivity index (χ0) is 17.5. The van der Waals surface area contributed by atoms with Crippen LogP contribution in [0.2, 0.25) is 10.0 Å². The molecule has 6 nitrogen and oxygen atoms in total. The number of hydrogen-bond donors (Lipinski definition) is 2. The molecule has 24 heavy (non-hydrogen) atoms. The highest BCUT2D eigenvalue weighted by atomic mass is 35.5. The quantitative estimate of drug-likeness (QED) is 0.735. The molecule has 1 aromatic heterocycles. The molecule has 0 spiro atoms. The second-order valence-electron chi connectivity index (χ2n) is 5.42. The lowest BCUT2D eigenvalue weighted by Crippen LogP contribution is -2.27. The van der Waals surface area contributed by atoms with Crippen molar-refractivity contribution in [2.24, 2.45) is 0 Å². The normalized spacial score (nSPS) is 10.7. The molecule has 1 amide bonds. The molecule has 128 valence electrons.